The molecular formula is C29H31NO7. The third-order valence-corrected chi connectivity index (χ3v) is 6.98. The summed E-state index contributed by atoms with van der Waals surface area (Å²) in [5, 5.41) is 33.6. The van der Waals surface area contributed by atoms with Gasteiger partial charge in [0.2, 0.25) is 0 Å². The van der Waals surface area contributed by atoms with Crippen LogP contribution in [0.1, 0.15) is 94.6 Å². The molecule has 0 radical (unpaired) electrons. The lowest BCUT2D eigenvalue weighted by Crippen LogP contribution is -2.13. The van der Waals surface area contributed by atoms with Crippen LogP contribution in [0.2, 0.25) is 0 Å². The van der Waals surface area contributed by atoms with Crippen molar-refractivity contribution in [3.8, 4) is 17.2 Å². The molecule has 0 saturated carbocycles. The van der Waals surface area contributed by atoms with Gasteiger partial charge in [0.1, 0.15) is 23.4 Å². The molecule has 0 spiro atoms. The van der Waals surface area contributed by atoms with Gasteiger partial charge in [-0.3, -0.25) is 14.6 Å². The number of ketones is 1. The third kappa shape index (κ3) is 4.76. The Morgan fingerprint density at radius 1 is 1.08 bits per heavy atom. The first-order chi connectivity index (χ1) is 17.5. The molecule has 37 heavy (non-hydrogen) atoms. The largest absolute Gasteiger partial charge is 0.507 e. The number of carbonyl (C=O) groups is 2. The van der Waals surface area contributed by atoms with Crippen LogP contribution in [0.15, 0.2) is 36.5 Å². The molecule has 0 aliphatic carbocycles. The molecule has 3 N–H and O–H groups in total. The number of hydrogen-bond acceptors (Lipinski definition) is 8. The van der Waals surface area contributed by atoms with Crippen molar-refractivity contribution in [2.75, 3.05) is 7.11 Å². The van der Waals surface area contributed by atoms with Crippen molar-refractivity contribution in [3.05, 3.63) is 81.2 Å². The van der Waals surface area contributed by atoms with Crippen LogP contribution in [0.25, 0.3) is 0 Å². The van der Waals surface area contributed by atoms with Crippen LogP contribution >= 0.6 is 0 Å². The Labute approximate surface area is 215 Å². The average Bonchev–Trinajstić information content (AvgIpc) is 3.30. The van der Waals surface area contributed by atoms with E-state index in [1.165, 1.54) is 20.1 Å². The average molecular weight is 506 g/mol. The van der Waals surface area contributed by atoms with Gasteiger partial charge in [0.15, 0.2) is 5.78 Å². The van der Waals surface area contributed by atoms with Gasteiger partial charge < -0.3 is 24.8 Å². The number of phenols is 2. The molecule has 8 heteroatoms. The minimum Gasteiger partial charge on any atom is -0.507 e. The summed E-state index contributed by atoms with van der Waals surface area (Å²) in [4.78, 5) is 29.2. The fourth-order valence-electron chi connectivity index (χ4n) is 4.81. The van der Waals surface area contributed by atoms with Crippen molar-refractivity contribution in [2.24, 2.45) is 0 Å². The highest BCUT2D eigenvalue weighted by Gasteiger charge is 2.36. The van der Waals surface area contributed by atoms with E-state index in [1.54, 1.807) is 13.1 Å². The summed E-state index contributed by atoms with van der Waals surface area (Å²) in [6, 6.07) is 8.91. The van der Waals surface area contributed by atoms with Crippen LogP contribution in [0, 0.1) is 6.92 Å². The predicted octanol–water partition coefficient (Wildman–Crippen LogP) is 5.15. The van der Waals surface area contributed by atoms with E-state index in [1.807, 2.05) is 24.3 Å². The highest BCUT2D eigenvalue weighted by Crippen LogP contribution is 2.50. The number of aryl methyl sites for hydroxylation is 1. The minimum absolute atomic E-state index is 0.0210. The molecule has 1 aliphatic rings. The molecule has 2 heterocycles. The number of aromatic nitrogens is 1. The molecule has 2 aromatic carbocycles. The van der Waals surface area contributed by atoms with Crippen molar-refractivity contribution in [3.63, 3.8) is 0 Å². The Bertz CT molecular complexity index is 1360. The summed E-state index contributed by atoms with van der Waals surface area (Å²) in [5.74, 6) is -2.31. The van der Waals surface area contributed by atoms with Crippen molar-refractivity contribution in [1.29, 1.82) is 0 Å². The summed E-state index contributed by atoms with van der Waals surface area (Å²) in [6.45, 7) is 7.23. The standard InChI is InChI=1S/C29H31NO7/c1-14(2)17-6-8-18(9-7-17)21(11-23(32)36-5)25-27(34)20(16(4)31)10-22(28(25)35)29-24-19(13-37-29)12-30-15(3)26(24)33/h6-10,12,14,21,29,33-35H,11,13H2,1-5H3/t21-,29+/m0/s1. The van der Waals surface area contributed by atoms with E-state index in [0.29, 0.717) is 22.4 Å². The Balaban J connectivity index is 1.96. The SMILES string of the molecule is COC(=O)C[C@@H](c1ccc(C(C)C)cc1)c1c(O)c(C(C)=O)cc([C@H]2OCc3cnc(C)c(O)c32)c1O. The Kier molecular flexibility index (Phi) is 7.23. The van der Waals surface area contributed by atoms with Gasteiger partial charge in [-0.25, -0.2) is 0 Å². The Morgan fingerprint density at radius 2 is 1.73 bits per heavy atom. The number of aromatic hydroxyl groups is 3. The Morgan fingerprint density at radius 3 is 2.32 bits per heavy atom. The molecule has 0 unspecified atom stereocenters. The number of esters is 1. The van der Waals surface area contributed by atoms with E-state index in [0.717, 1.165) is 5.56 Å². The monoisotopic (exact) mass is 505 g/mol. The first-order valence-electron chi connectivity index (χ1n) is 12.1. The molecule has 0 amide bonds. The maximum atomic E-state index is 12.6. The lowest BCUT2D eigenvalue weighted by atomic mass is 9.82. The van der Waals surface area contributed by atoms with E-state index in [-0.39, 0.29) is 47.1 Å². The number of rotatable bonds is 7. The third-order valence-electron chi connectivity index (χ3n) is 6.98. The number of benzene rings is 2. The van der Waals surface area contributed by atoms with Crippen LogP contribution in [0.5, 0.6) is 17.2 Å². The van der Waals surface area contributed by atoms with Crippen molar-refractivity contribution in [1.82, 2.24) is 4.98 Å². The van der Waals surface area contributed by atoms with Gasteiger partial charge in [-0.1, -0.05) is 38.1 Å². The first-order valence-corrected chi connectivity index (χ1v) is 12.1. The van der Waals surface area contributed by atoms with E-state index >= 15 is 0 Å². The quantitative estimate of drug-likeness (QED) is 0.297. The lowest BCUT2D eigenvalue weighted by Gasteiger charge is -2.25. The van der Waals surface area contributed by atoms with Gasteiger partial charge in [-0.05, 0) is 37.0 Å². The molecule has 2 atom stereocenters. The number of pyridine rings is 1. The number of phenolic OH excluding ortho intramolecular Hbond substituents is 2. The zero-order valence-corrected chi connectivity index (χ0v) is 21.5. The summed E-state index contributed by atoms with van der Waals surface area (Å²) >= 11 is 0. The first kappa shape index (κ1) is 26.2. The van der Waals surface area contributed by atoms with Crippen LogP contribution < -0.4 is 0 Å². The molecule has 8 nitrogen and oxygen atoms in total. The van der Waals surface area contributed by atoms with Crippen molar-refractivity contribution >= 4 is 11.8 Å². The zero-order valence-electron chi connectivity index (χ0n) is 21.5. The maximum Gasteiger partial charge on any atom is 0.306 e. The fraction of sp³-hybridized carbons (Fsp3) is 0.345. The molecule has 4 rings (SSSR count). The number of methoxy groups -OCH3 is 1. The summed E-state index contributed by atoms with van der Waals surface area (Å²) in [6.07, 6.45) is 0.511. The van der Waals surface area contributed by atoms with E-state index in [2.05, 4.69) is 18.8 Å². The number of carbonyl (C=O) groups excluding carboxylic acids is 2. The van der Waals surface area contributed by atoms with E-state index in [4.69, 9.17) is 9.47 Å². The number of fused-ring (bicyclic) bond motifs is 1. The lowest BCUT2D eigenvalue weighted by molar-refractivity contribution is -0.140. The van der Waals surface area contributed by atoms with Crippen LogP contribution in [0.4, 0.5) is 0 Å². The Hall–Kier alpha value is -3.91. The highest BCUT2D eigenvalue weighted by atomic mass is 16.5. The van der Waals surface area contributed by atoms with Gasteiger partial charge in [0, 0.05) is 34.4 Å². The number of Topliss-reactive ketones (excluding diaryl/α,β-unsaturated/α-hetero) is 1. The molecule has 1 aliphatic heterocycles. The minimum atomic E-state index is -0.906. The van der Waals surface area contributed by atoms with Crippen LogP contribution in [0.3, 0.4) is 0 Å². The maximum absolute atomic E-state index is 12.6. The number of ether oxygens (including phenoxy) is 2. The normalized spacial score (nSPS) is 15.5. The molecule has 0 fully saturated rings. The molecular weight excluding hydrogens is 474 g/mol. The molecule has 0 saturated heterocycles. The van der Waals surface area contributed by atoms with Crippen LogP contribution in [-0.4, -0.2) is 39.2 Å². The molecule has 194 valence electrons. The van der Waals surface area contributed by atoms with Gasteiger partial charge in [-0.15, -0.1) is 0 Å². The summed E-state index contributed by atoms with van der Waals surface area (Å²) in [5.41, 5.74) is 3.43. The van der Waals surface area contributed by atoms with Gasteiger partial charge in [0.05, 0.1) is 31.4 Å². The number of hydrogen-bond donors (Lipinski definition) is 3. The second-order valence-corrected chi connectivity index (χ2v) is 9.66. The molecule has 3 aromatic rings. The van der Waals surface area contributed by atoms with Gasteiger partial charge in [-0.2, -0.15) is 0 Å². The topological polar surface area (TPSA) is 126 Å². The van der Waals surface area contributed by atoms with E-state index < -0.39 is 29.5 Å². The second kappa shape index (κ2) is 10.2. The summed E-state index contributed by atoms with van der Waals surface area (Å²) in [7, 11) is 1.26. The van der Waals surface area contributed by atoms with E-state index in [9.17, 15) is 24.9 Å². The second-order valence-electron chi connectivity index (χ2n) is 9.66. The van der Waals surface area contributed by atoms with Gasteiger partial charge >= 0.3 is 5.97 Å². The molecule has 1 aromatic heterocycles. The fourth-order valence-corrected chi connectivity index (χ4v) is 4.81. The summed E-state index contributed by atoms with van der Waals surface area (Å²) < 4.78 is 10.9. The van der Waals surface area contributed by atoms with Crippen molar-refractivity contribution in [2.45, 2.75) is 58.7 Å². The molecule has 0 bridgehead atoms. The van der Waals surface area contributed by atoms with Crippen molar-refractivity contribution < 1.29 is 34.4 Å². The zero-order chi connectivity index (χ0) is 27.0. The smallest absolute Gasteiger partial charge is 0.306 e. The highest BCUT2D eigenvalue weighted by molar-refractivity contribution is 5.98. The van der Waals surface area contributed by atoms with Crippen LogP contribution in [-0.2, 0) is 20.9 Å². The number of nitrogens with zero attached hydrogens (tertiary/aromatic N) is 1. The predicted molar refractivity (Wildman–Crippen MR) is 136 cm³/mol. The van der Waals surface area contributed by atoms with Gasteiger partial charge in [0.25, 0.3) is 0 Å².